The molecule has 116 valence electrons. The molecule has 3 nitrogen and oxygen atoms in total. The molecule has 0 saturated carbocycles. The van der Waals surface area contributed by atoms with Gasteiger partial charge in [0.15, 0.2) is 6.71 Å². The highest BCUT2D eigenvalue weighted by Gasteiger charge is 2.40. The fraction of sp³-hybridized carbons (Fsp3) is 0.938. The molecular formula is C16H32BNO2. The van der Waals surface area contributed by atoms with Gasteiger partial charge in [-0.15, -0.1) is 0 Å². The lowest BCUT2D eigenvalue weighted by Crippen LogP contribution is -2.49. The van der Waals surface area contributed by atoms with Gasteiger partial charge in [0, 0.05) is 6.51 Å². The van der Waals surface area contributed by atoms with Crippen molar-refractivity contribution in [2.24, 2.45) is 5.41 Å². The zero-order chi connectivity index (χ0) is 16.2. The van der Waals surface area contributed by atoms with Crippen molar-refractivity contribution >= 4 is 6.71 Å². The van der Waals surface area contributed by atoms with E-state index in [1.165, 1.54) is 0 Å². The number of ether oxygens (including phenoxy) is 1. The van der Waals surface area contributed by atoms with Crippen molar-refractivity contribution in [2.75, 3.05) is 6.51 Å². The molecule has 0 aliphatic carbocycles. The van der Waals surface area contributed by atoms with Gasteiger partial charge in [0.2, 0.25) is 0 Å². The van der Waals surface area contributed by atoms with E-state index >= 15 is 0 Å². The van der Waals surface area contributed by atoms with Crippen LogP contribution in [0.2, 0.25) is 12.6 Å². The minimum Gasteiger partial charge on any atom is -0.387 e. The average Bonchev–Trinajstić information content (AvgIpc) is 2.35. The van der Waals surface area contributed by atoms with Crippen molar-refractivity contribution in [3.8, 4) is 6.07 Å². The van der Waals surface area contributed by atoms with Crippen LogP contribution < -0.4 is 0 Å². The van der Waals surface area contributed by atoms with E-state index in [1.807, 2.05) is 20.8 Å². The lowest BCUT2D eigenvalue weighted by molar-refractivity contribution is -0.136. The number of rotatable bonds is 8. The van der Waals surface area contributed by atoms with Crippen molar-refractivity contribution in [1.82, 2.24) is 0 Å². The van der Waals surface area contributed by atoms with E-state index in [4.69, 9.17) is 4.74 Å². The normalized spacial score (nSPS) is 17.2. The maximum atomic E-state index is 10.1. The molecule has 0 rings (SSSR count). The standard InChI is InChI=1S/C16H32BNO2/c1-9-13(16(7,10-2)11-18)17(8)12-20-15(5,6)14(3,4)19/h13,19H,9-10,12H2,1-8H3. The molecule has 4 heteroatoms. The van der Waals surface area contributed by atoms with Gasteiger partial charge in [-0.3, -0.25) is 0 Å². The van der Waals surface area contributed by atoms with Gasteiger partial charge < -0.3 is 9.84 Å². The molecule has 0 radical (unpaired) electrons. The van der Waals surface area contributed by atoms with Crippen LogP contribution in [-0.4, -0.2) is 29.5 Å². The average molecular weight is 281 g/mol. The summed E-state index contributed by atoms with van der Waals surface area (Å²) in [6.07, 6.45) is 1.81. The van der Waals surface area contributed by atoms with Crippen LogP contribution in [0.15, 0.2) is 0 Å². The Morgan fingerprint density at radius 2 is 1.70 bits per heavy atom. The third kappa shape index (κ3) is 4.50. The second-order valence-corrected chi connectivity index (χ2v) is 7.26. The molecule has 0 bridgehead atoms. The van der Waals surface area contributed by atoms with Crippen LogP contribution in [0.4, 0.5) is 0 Å². The zero-order valence-corrected chi connectivity index (χ0v) is 14.6. The number of hydrogen-bond donors (Lipinski definition) is 1. The Bertz CT molecular complexity index is 343. The number of aliphatic hydroxyl groups is 1. The van der Waals surface area contributed by atoms with Crippen LogP contribution in [0, 0.1) is 16.7 Å². The Balaban J connectivity index is 4.84. The highest BCUT2D eigenvalue weighted by atomic mass is 16.5. The van der Waals surface area contributed by atoms with Gasteiger partial charge >= 0.3 is 0 Å². The van der Waals surface area contributed by atoms with Gasteiger partial charge in [0.1, 0.15) is 0 Å². The first-order valence-electron chi connectivity index (χ1n) is 7.72. The van der Waals surface area contributed by atoms with Gasteiger partial charge in [0.05, 0.1) is 22.7 Å². The van der Waals surface area contributed by atoms with Crippen molar-refractivity contribution in [2.45, 2.75) is 85.2 Å². The molecule has 0 heterocycles. The third-order valence-electron chi connectivity index (χ3n) is 5.12. The summed E-state index contributed by atoms with van der Waals surface area (Å²) in [6.45, 7) is 16.6. The van der Waals surface area contributed by atoms with E-state index in [9.17, 15) is 10.4 Å². The molecule has 0 spiro atoms. The lowest BCUT2D eigenvalue weighted by Gasteiger charge is -2.39. The summed E-state index contributed by atoms with van der Waals surface area (Å²) in [6, 6.07) is 2.48. The Hall–Kier alpha value is -0.525. The Morgan fingerprint density at radius 1 is 1.20 bits per heavy atom. The van der Waals surface area contributed by atoms with Crippen LogP contribution >= 0.6 is 0 Å². The van der Waals surface area contributed by atoms with Crippen molar-refractivity contribution in [3.05, 3.63) is 0 Å². The van der Waals surface area contributed by atoms with Crippen molar-refractivity contribution in [3.63, 3.8) is 0 Å². The quantitative estimate of drug-likeness (QED) is 0.686. The Labute approximate surface area is 125 Å². The largest absolute Gasteiger partial charge is 0.387 e. The Morgan fingerprint density at radius 3 is 2.00 bits per heavy atom. The van der Waals surface area contributed by atoms with Crippen LogP contribution in [0.3, 0.4) is 0 Å². The van der Waals surface area contributed by atoms with Gasteiger partial charge in [-0.1, -0.05) is 27.1 Å². The lowest BCUT2D eigenvalue weighted by atomic mass is 9.37. The molecule has 0 aromatic carbocycles. The summed E-state index contributed by atoms with van der Waals surface area (Å²) in [7, 11) is 0. The van der Waals surface area contributed by atoms with Gasteiger partial charge in [-0.05, 0) is 46.9 Å². The molecule has 20 heavy (non-hydrogen) atoms. The van der Waals surface area contributed by atoms with Crippen LogP contribution in [0.5, 0.6) is 0 Å². The molecule has 2 atom stereocenters. The number of nitrogens with zero attached hydrogens (tertiary/aromatic N) is 1. The fourth-order valence-corrected chi connectivity index (χ4v) is 2.54. The highest BCUT2D eigenvalue weighted by Crippen LogP contribution is 2.40. The number of nitriles is 1. The maximum absolute atomic E-state index is 10.1. The molecule has 0 saturated heterocycles. The third-order valence-corrected chi connectivity index (χ3v) is 5.12. The molecule has 2 unspecified atom stereocenters. The SMILES string of the molecule is CCC(B(C)COC(C)(C)C(C)(C)O)C(C)(C#N)CC. The van der Waals surface area contributed by atoms with Crippen LogP contribution in [0.25, 0.3) is 0 Å². The van der Waals surface area contributed by atoms with E-state index in [2.05, 4.69) is 26.7 Å². The molecule has 0 amide bonds. The maximum Gasteiger partial charge on any atom is 0.173 e. The predicted molar refractivity (Wildman–Crippen MR) is 86.0 cm³/mol. The minimum absolute atomic E-state index is 0.284. The molecule has 0 fully saturated rings. The molecule has 0 aromatic heterocycles. The molecule has 1 N–H and O–H groups in total. The molecule has 0 aliphatic heterocycles. The van der Waals surface area contributed by atoms with E-state index in [1.54, 1.807) is 13.8 Å². The van der Waals surface area contributed by atoms with Crippen LogP contribution in [-0.2, 0) is 4.74 Å². The zero-order valence-electron chi connectivity index (χ0n) is 14.6. The van der Waals surface area contributed by atoms with E-state index in [0.29, 0.717) is 12.3 Å². The van der Waals surface area contributed by atoms with Gasteiger partial charge in [0.25, 0.3) is 0 Å². The summed E-state index contributed by atoms with van der Waals surface area (Å²) < 4.78 is 5.96. The molecule has 0 aromatic rings. The van der Waals surface area contributed by atoms with Crippen LogP contribution in [0.1, 0.15) is 61.3 Å². The molecular weight excluding hydrogens is 249 g/mol. The first-order valence-corrected chi connectivity index (χ1v) is 7.72. The predicted octanol–water partition coefficient (Wildman–Crippen LogP) is 3.94. The monoisotopic (exact) mass is 281 g/mol. The second kappa shape index (κ2) is 6.96. The highest BCUT2D eigenvalue weighted by molar-refractivity contribution is 6.59. The fourth-order valence-electron chi connectivity index (χ4n) is 2.54. The topological polar surface area (TPSA) is 53.2 Å². The minimum atomic E-state index is -0.891. The first-order chi connectivity index (χ1) is 8.95. The summed E-state index contributed by atoms with van der Waals surface area (Å²) in [4.78, 5) is 0. The summed E-state index contributed by atoms with van der Waals surface area (Å²) in [5.74, 6) is 0.301. The number of hydrogen-bond acceptors (Lipinski definition) is 3. The first kappa shape index (κ1) is 19.5. The Kier molecular flexibility index (Phi) is 6.78. The van der Waals surface area contributed by atoms with Gasteiger partial charge in [-0.25, -0.2) is 0 Å². The van der Waals surface area contributed by atoms with Gasteiger partial charge in [-0.2, -0.15) is 5.26 Å². The summed E-state index contributed by atoms with van der Waals surface area (Å²) in [5, 5.41) is 19.6. The smallest absolute Gasteiger partial charge is 0.173 e. The molecule has 0 aliphatic rings. The van der Waals surface area contributed by atoms with Crippen molar-refractivity contribution in [1.29, 1.82) is 5.26 Å². The van der Waals surface area contributed by atoms with E-state index in [0.717, 1.165) is 12.8 Å². The van der Waals surface area contributed by atoms with E-state index < -0.39 is 11.2 Å². The van der Waals surface area contributed by atoms with E-state index in [-0.39, 0.29) is 12.1 Å². The van der Waals surface area contributed by atoms with Crippen molar-refractivity contribution < 1.29 is 9.84 Å². The summed E-state index contributed by atoms with van der Waals surface area (Å²) in [5.41, 5.74) is -1.80. The second-order valence-electron chi connectivity index (χ2n) is 7.26. The summed E-state index contributed by atoms with van der Waals surface area (Å²) >= 11 is 0.